The minimum atomic E-state index is -0.766. The molecule has 0 saturated heterocycles. The normalized spacial score (nSPS) is 10.8. The second-order valence-electron chi connectivity index (χ2n) is 4.05. The molecular formula is C12H7ClFN5O2. The van der Waals surface area contributed by atoms with Gasteiger partial charge >= 0.3 is 0 Å². The Balaban J connectivity index is 1.94. The Morgan fingerprint density at radius 2 is 2.19 bits per heavy atom. The van der Waals surface area contributed by atoms with E-state index < -0.39 is 11.7 Å². The van der Waals surface area contributed by atoms with Gasteiger partial charge in [-0.05, 0) is 18.2 Å². The fraction of sp³-hybridized carbons (Fsp3) is 0. The second-order valence-corrected chi connectivity index (χ2v) is 4.41. The lowest BCUT2D eigenvalue weighted by Gasteiger charge is -2.06. The van der Waals surface area contributed by atoms with Gasteiger partial charge in [-0.15, -0.1) is 0 Å². The molecule has 106 valence electrons. The van der Waals surface area contributed by atoms with Crippen LogP contribution in [0.3, 0.4) is 0 Å². The molecule has 3 rings (SSSR count). The van der Waals surface area contributed by atoms with Gasteiger partial charge in [-0.3, -0.25) is 10.1 Å². The number of fused-ring (bicyclic) bond motifs is 1. The number of H-pyrrole nitrogens is 1. The molecule has 21 heavy (non-hydrogen) atoms. The van der Waals surface area contributed by atoms with Crippen molar-refractivity contribution in [3.63, 3.8) is 0 Å². The average molecular weight is 308 g/mol. The maximum atomic E-state index is 13.1. The Bertz CT molecular complexity index is 851. The van der Waals surface area contributed by atoms with Crippen molar-refractivity contribution in [2.24, 2.45) is 0 Å². The van der Waals surface area contributed by atoms with E-state index >= 15 is 0 Å². The lowest BCUT2D eigenvalue weighted by atomic mass is 10.2. The summed E-state index contributed by atoms with van der Waals surface area (Å²) in [6.07, 6.45) is 1.38. The van der Waals surface area contributed by atoms with E-state index in [1.165, 1.54) is 6.33 Å². The number of carbonyl (C=O) groups excluding carboxylic acids is 1. The number of phenols is 1. The van der Waals surface area contributed by atoms with Crippen molar-refractivity contribution in [1.82, 2.24) is 19.9 Å². The van der Waals surface area contributed by atoms with Crippen LogP contribution in [0, 0.1) is 5.82 Å². The fourth-order valence-corrected chi connectivity index (χ4v) is 1.93. The highest BCUT2D eigenvalue weighted by Gasteiger charge is 2.15. The van der Waals surface area contributed by atoms with Crippen LogP contribution in [0.4, 0.5) is 10.3 Å². The fourth-order valence-electron chi connectivity index (χ4n) is 1.71. The number of nitrogens with zero attached hydrogens (tertiary/aromatic N) is 3. The maximum Gasteiger partial charge on any atom is 0.261 e. The van der Waals surface area contributed by atoms with E-state index in [9.17, 15) is 14.3 Å². The van der Waals surface area contributed by atoms with Crippen LogP contribution in [-0.4, -0.2) is 30.9 Å². The van der Waals surface area contributed by atoms with Crippen molar-refractivity contribution in [1.29, 1.82) is 0 Å². The largest absolute Gasteiger partial charge is 0.507 e. The highest BCUT2D eigenvalue weighted by molar-refractivity contribution is 6.33. The molecule has 1 aromatic carbocycles. The number of aromatic hydroxyl groups is 1. The van der Waals surface area contributed by atoms with Gasteiger partial charge in [-0.2, -0.15) is 9.97 Å². The van der Waals surface area contributed by atoms with E-state index in [0.717, 1.165) is 18.2 Å². The first-order chi connectivity index (χ1) is 10.0. The van der Waals surface area contributed by atoms with Gasteiger partial charge in [0.15, 0.2) is 10.8 Å². The van der Waals surface area contributed by atoms with Crippen LogP contribution in [0.1, 0.15) is 10.4 Å². The van der Waals surface area contributed by atoms with Crippen LogP contribution in [0.25, 0.3) is 11.2 Å². The molecular weight excluding hydrogens is 301 g/mol. The van der Waals surface area contributed by atoms with Gasteiger partial charge in [0.2, 0.25) is 5.95 Å². The Labute approximate surface area is 121 Å². The topological polar surface area (TPSA) is 104 Å². The summed E-state index contributed by atoms with van der Waals surface area (Å²) in [5.74, 6) is -1.88. The number of amides is 1. The molecule has 2 heterocycles. The van der Waals surface area contributed by atoms with Crippen molar-refractivity contribution in [2.45, 2.75) is 0 Å². The zero-order valence-corrected chi connectivity index (χ0v) is 11.0. The summed E-state index contributed by atoms with van der Waals surface area (Å²) in [7, 11) is 0. The molecule has 0 saturated carbocycles. The van der Waals surface area contributed by atoms with Gasteiger partial charge in [0.1, 0.15) is 17.1 Å². The number of phenolic OH excluding ortho intramolecular Hbond substituents is 1. The number of hydrogen-bond acceptors (Lipinski definition) is 5. The molecule has 2 aromatic heterocycles. The zero-order valence-electron chi connectivity index (χ0n) is 10.3. The van der Waals surface area contributed by atoms with Crippen LogP contribution >= 0.6 is 11.6 Å². The average Bonchev–Trinajstić information content (AvgIpc) is 2.90. The summed E-state index contributed by atoms with van der Waals surface area (Å²) in [6.45, 7) is 0. The van der Waals surface area contributed by atoms with Crippen molar-refractivity contribution >= 4 is 34.6 Å². The van der Waals surface area contributed by atoms with Crippen LogP contribution in [0.15, 0.2) is 24.5 Å². The summed E-state index contributed by atoms with van der Waals surface area (Å²) >= 11 is 5.91. The predicted molar refractivity (Wildman–Crippen MR) is 72.7 cm³/mol. The van der Waals surface area contributed by atoms with Crippen LogP contribution in [-0.2, 0) is 0 Å². The molecule has 0 fully saturated rings. The molecule has 9 heteroatoms. The molecule has 0 aliphatic rings. The predicted octanol–water partition coefficient (Wildman–Crippen LogP) is 2.10. The summed E-state index contributed by atoms with van der Waals surface area (Å²) in [5, 5.41) is 12.0. The molecule has 3 N–H and O–H groups in total. The molecule has 0 bridgehead atoms. The number of anilines is 1. The van der Waals surface area contributed by atoms with Gasteiger partial charge in [-0.1, -0.05) is 11.6 Å². The third kappa shape index (κ3) is 2.48. The standard InChI is InChI=1S/C12H7ClFN5O2/c13-9-8-10(16-4-15-8)18-12(17-9)19-11(21)6-3-5(14)1-2-7(6)20/h1-4,20H,(H2,15,16,17,18,19,21). The minimum absolute atomic E-state index is 0.0799. The van der Waals surface area contributed by atoms with Crippen LogP contribution in [0.5, 0.6) is 5.75 Å². The summed E-state index contributed by atoms with van der Waals surface area (Å²) in [4.78, 5) is 26.5. The minimum Gasteiger partial charge on any atom is -0.507 e. The molecule has 0 radical (unpaired) electrons. The molecule has 0 spiro atoms. The Kier molecular flexibility index (Phi) is 3.15. The number of benzene rings is 1. The lowest BCUT2D eigenvalue weighted by molar-refractivity contribution is 0.102. The van der Waals surface area contributed by atoms with E-state index in [0.29, 0.717) is 5.52 Å². The number of rotatable bonds is 2. The lowest BCUT2D eigenvalue weighted by Crippen LogP contribution is -2.14. The van der Waals surface area contributed by atoms with Gasteiger partial charge in [0, 0.05) is 0 Å². The second kappa shape index (κ2) is 4.98. The first-order valence-electron chi connectivity index (χ1n) is 5.71. The van der Waals surface area contributed by atoms with E-state index in [1.807, 2.05) is 0 Å². The third-order valence-corrected chi connectivity index (χ3v) is 2.94. The molecule has 0 aliphatic carbocycles. The number of nitrogens with one attached hydrogen (secondary N) is 2. The summed E-state index contributed by atoms with van der Waals surface area (Å²) in [6, 6.07) is 3.02. The molecule has 1 amide bonds. The summed E-state index contributed by atoms with van der Waals surface area (Å²) < 4.78 is 13.1. The Hall–Kier alpha value is -2.74. The highest BCUT2D eigenvalue weighted by Crippen LogP contribution is 2.21. The van der Waals surface area contributed by atoms with Crippen LogP contribution in [0.2, 0.25) is 5.15 Å². The number of aromatic nitrogens is 4. The van der Waals surface area contributed by atoms with E-state index in [-0.39, 0.29) is 28.1 Å². The maximum absolute atomic E-state index is 13.1. The first-order valence-corrected chi connectivity index (χ1v) is 6.09. The van der Waals surface area contributed by atoms with Gasteiger partial charge in [0.05, 0.1) is 11.9 Å². The quantitative estimate of drug-likeness (QED) is 0.629. The number of aromatic amines is 1. The van der Waals surface area contributed by atoms with Crippen molar-refractivity contribution in [3.8, 4) is 5.75 Å². The van der Waals surface area contributed by atoms with Crippen molar-refractivity contribution in [2.75, 3.05) is 5.32 Å². The molecule has 0 atom stereocenters. The third-order valence-electron chi connectivity index (χ3n) is 2.67. The summed E-state index contributed by atoms with van der Waals surface area (Å²) in [5.41, 5.74) is 0.467. The Morgan fingerprint density at radius 1 is 1.38 bits per heavy atom. The zero-order chi connectivity index (χ0) is 15.0. The molecule has 0 aliphatic heterocycles. The van der Waals surface area contributed by atoms with Crippen molar-refractivity contribution < 1.29 is 14.3 Å². The smallest absolute Gasteiger partial charge is 0.261 e. The monoisotopic (exact) mass is 307 g/mol. The number of hydrogen-bond donors (Lipinski definition) is 3. The van der Waals surface area contributed by atoms with Crippen LogP contribution < -0.4 is 5.32 Å². The van der Waals surface area contributed by atoms with Gasteiger partial charge < -0.3 is 10.1 Å². The number of halogens is 2. The van der Waals surface area contributed by atoms with E-state index in [1.54, 1.807) is 0 Å². The number of carbonyl (C=O) groups is 1. The molecule has 0 unspecified atom stereocenters. The highest BCUT2D eigenvalue weighted by atomic mass is 35.5. The van der Waals surface area contributed by atoms with E-state index in [4.69, 9.17) is 11.6 Å². The SMILES string of the molecule is O=C(Nc1nc(Cl)c2[nH]cnc2n1)c1cc(F)ccc1O. The Morgan fingerprint density at radius 3 is 3.00 bits per heavy atom. The molecule has 3 aromatic rings. The van der Waals surface area contributed by atoms with Gasteiger partial charge in [-0.25, -0.2) is 9.37 Å². The number of imidazole rings is 1. The van der Waals surface area contributed by atoms with Gasteiger partial charge in [0.25, 0.3) is 5.91 Å². The van der Waals surface area contributed by atoms with E-state index in [2.05, 4.69) is 25.3 Å². The molecule has 7 nitrogen and oxygen atoms in total. The van der Waals surface area contributed by atoms with Crippen molar-refractivity contribution in [3.05, 3.63) is 41.1 Å². The first kappa shape index (κ1) is 13.3.